The number of nitrogens with zero attached hydrogens (tertiary/aromatic N) is 2. The zero-order chi connectivity index (χ0) is 19.4. The van der Waals surface area contributed by atoms with Gasteiger partial charge in [0.05, 0.1) is 11.1 Å². The lowest BCUT2D eigenvalue weighted by Gasteiger charge is -2.22. The molecule has 0 aromatic heterocycles. The minimum atomic E-state index is -3.77. The summed E-state index contributed by atoms with van der Waals surface area (Å²) in [6.07, 6.45) is 2.61. The highest BCUT2D eigenvalue weighted by Crippen LogP contribution is 2.27. The van der Waals surface area contributed by atoms with Gasteiger partial charge in [-0.25, -0.2) is 13.8 Å². The summed E-state index contributed by atoms with van der Waals surface area (Å²) >= 11 is 5.83. The van der Waals surface area contributed by atoms with Gasteiger partial charge in [-0.1, -0.05) is 41.4 Å². The van der Waals surface area contributed by atoms with Crippen molar-refractivity contribution in [3.05, 3.63) is 64.7 Å². The van der Waals surface area contributed by atoms with Crippen molar-refractivity contribution in [3.8, 4) is 0 Å². The number of nitrogens with one attached hydrogen (secondary N) is 1. The molecule has 2 aromatic rings. The third kappa shape index (κ3) is 4.55. The second-order valence-electron chi connectivity index (χ2n) is 6.37. The van der Waals surface area contributed by atoms with Crippen LogP contribution in [0.1, 0.15) is 24.0 Å². The maximum Gasteiger partial charge on any atom is 0.258 e. The van der Waals surface area contributed by atoms with Gasteiger partial charge in [0, 0.05) is 11.6 Å². The van der Waals surface area contributed by atoms with E-state index in [-0.39, 0.29) is 4.90 Å². The van der Waals surface area contributed by atoms with E-state index in [1.165, 1.54) is 34.8 Å². The van der Waals surface area contributed by atoms with E-state index >= 15 is 0 Å². The van der Waals surface area contributed by atoms with Gasteiger partial charge in [0.2, 0.25) is 10.0 Å². The zero-order valence-electron chi connectivity index (χ0n) is 14.8. The first kappa shape index (κ1) is 19.5. The SMILES string of the molecule is Cc1ccc(/C=N\NC(=O)[C@@H]2CCCN2S(=O)(=O)c2ccc(Cl)cc2)cc1. The predicted molar refractivity (Wildman–Crippen MR) is 105 cm³/mol. The van der Waals surface area contributed by atoms with Gasteiger partial charge in [-0.15, -0.1) is 0 Å². The quantitative estimate of drug-likeness (QED) is 0.613. The van der Waals surface area contributed by atoms with Crippen LogP contribution in [0.2, 0.25) is 5.02 Å². The molecule has 0 bridgehead atoms. The van der Waals surface area contributed by atoms with Gasteiger partial charge in [0.1, 0.15) is 6.04 Å². The standard InChI is InChI=1S/C19H20ClN3O3S/c1-14-4-6-15(7-5-14)13-21-22-19(24)18-3-2-12-23(18)27(25,26)17-10-8-16(20)9-11-17/h4-11,13,18H,2-3,12H2,1H3,(H,22,24)/b21-13-/t18-/m0/s1. The van der Waals surface area contributed by atoms with E-state index in [4.69, 9.17) is 11.6 Å². The fourth-order valence-corrected chi connectivity index (χ4v) is 4.71. The average Bonchev–Trinajstić information content (AvgIpc) is 3.14. The molecule has 0 saturated carbocycles. The number of carbonyl (C=O) groups excluding carboxylic acids is 1. The molecule has 0 radical (unpaired) electrons. The maximum atomic E-state index is 12.9. The normalized spacial score (nSPS) is 18.1. The molecule has 2 aromatic carbocycles. The van der Waals surface area contributed by atoms with Crippen LogP contribution in [0.3, 0.4) is 0 Å². The van der Waals surface area contributed by atoms with E-state index < -0.39 is 22.0 Å². The maximum absolute atomic E-state index is 12.9. The smallest absolute Gasteiger partial charge is 0.258 e. The lowest BCUT2D eigenvalue weighted by Crippen LogP contribution is -2.44. The van der Waals surface area contributed by atoms with Gasteiger partial charge >= 0.3 is 0 Å². The number of amides is 1. The van der Waals surface area contributed by atoms with E-state index in [1.54, 1.807) is 0 Å². The van der Waals surface area contributed by atoms with Crippen molar-refractivity contribution in [1.82, 2.24) is 9.73 Å². The highest BCUT2D eigenvalue weighted by molar-refractivity contribution is 7.89. The topological polar surface area (TPSA) is 78.8 Å². The summed E-state index contributed by atoms with van der Waals surface area (Å²) in [6.45, 7) is 2.28. The lowest BCUT2D eigenvalue weighted by molar-refractivity contribution is -0.124. The summed E-state index contributed by atoms with van der Waals surface area (Å²) in [6, 6.07) is 12.8. The van der Waals surface area contributed by atoms with Crippen molar-refractivity contribution in [2.24, 2.45) is 5.10 Å². The Hall–Kier alpha value is -2.22. The van der Waals surface area contributed by atoms with Crippen LogP contribution in [0.15, 0.2) is 58.5 Å². The molecular weight excluding hydrogens is 386 g/mol. The zero-order valence-corrected chi connectivity index (χ0v) is 16.4. The number of halogens is 1. The van der Waals surface area contributed by atoms with Crippen LogP contribution >= 0.6 is 11.6 Å². The number of hydrogen-bond donors (Lipinski definition) is 1. The molecule has 1 aliphatic heterocycles. The summed E-state index contributed by atoms with van der Waals surface area (Å²) < 4.78 is 26.9. The molecule has 1 saturated heterocycles. The summed E-state index contributed by atoms with van der Waals surface area (Å²) in [5.41, 5.74) is 4.43. The Labute approximate surface area is 163 Å². The molecule has 0 unspecified atom stereocenters. The molecule has 1 fully saturated rings. The molecule has 1 heterocycles. The minimum Gasteiger partial charge on any atom is -0.271 e. The van der Waals surface area contributed by atoms with Crippen molar-refractivity contribution in [2.75, 3.05) is 6.54 Å². The van der Waals surface area contributed by atoms with Gasteiger partial charge in [-0.3, -0.25) is 4.79 Å². The van der Waals surface area contributed by atoms with E-state index in [0.29, 0.717) is 24.4 Å². The van der Waals surface area contributed by atoms with Crippen LogP contribution in [0.4, 0.5) is 0 Å². The molecule has 1 atom stereocenters. The Morgan fingerprint density at radius 2 is 1.85 bits per heavy atom. The minimum absolute atomic E-state index is 0.120. The third-order valence-electron chi connectivity index (χ3n) is 4.39. The summed E-state index contributed by atoms with van der Waals surface area (Å²) in [4.78, 5) is 12.6. The molecule has 0 spiro atoms. The van der Waals surface area contributed by atoms with Crippen LogP contribution < -0.4 is 5.43 Å². The lowest BCUT2D eigenvalue weighted by atomic mass is 10.2. The van der Waals surface area contributed by atoms with Gasteiger partial charge in [-0.05, 0) is 49.6 Å². The van der Waals surface area contributed by atoms with E-state index in [2.05, 4.69) is 10.5 Å². The number of hydrazone groups is 1. The average molecular weight is 406 g/mol. The fraction of sp³-hybridized carbons (Fsp3) is 0.263. The highest BCUT2D eigenvalue weighted by Gasteiger charge is 2.39. The first-order valence-corrected chi connectivity index (χ1v) is 10.4. The number of benzene rings is 2. The number of carbonyl (C=O) groups is 1. The fourth-order valence-electron chi connectivity index (χ4n) is 2.93. The van der Waals surface area contributed by atoms with Crippen molar-refractivity contribution in [1.29, 1.82) is 0 Å². The molecular formula is C19H20ClN3O3S. The van der Waals surface area contributed by atoms with Gasteiger partial charge < -0.3 is 0 Å². The van der Waals surface area contributed by atoms with Crippen molar-refractivity contribution in [2.45, 2.75) is 30.7 Å². The molecule has 1 amide bonds. The Morgan fingerprint density at radius 3 is 2.52 bits per heavy atom. The first-order chi connectivity index (χ1) is 12.9. The van der Waals surface area contributed by atoms with E-state index in [0.717, 1.165) is 11.1 Å². The van der Waals surface area contributed by atoms with Crippen molar-refractivity contribution < 1.29 is 13.2 Å². The molecule has 142 valence electrons. The van der Waals surface area contributed by atoms with Gasteiger partial charge in [0.15, 0.2) is 0 Å². The monoisotopic (exact) mass is 405 g/mol. The summed E-state index contributed by atoms with van der Waals surface area (Å²) in [5, 5.41) is 4.41. The van der Waals surface area contributed by atoms with Crippen LogP contribution in [-0.4, -0.2) is 37.4 Å². The summed E-state index contributed by atoms with van der Waals surface area (Å²) in [5.74, 6) is -0.437. The molecule has 3 rings (SSSR count). The Kier molecular flexibility index (Phi) is 5.94. The Balaban J connectivity index is 1.70. The van der Waals surface area contributed by atoms with Crippen LogP contribution in [0.5, 0.6) is 0 Å². The molecule has 8 heteroatoms. The molecule has 27 heavy (non-hydrogen) atoms. The first-order valence-electron chi connectivity index (χ1n) is 8.55. The summed E-state index contributed by atoms with van der Waals surface area (Å²) in [7, 11) is -3.77. The van der Waals surface area contributed by atoms with E-state index in [9.17, 15) is 13.2 Å². The number of hydrogen-bond acceptors (Lipinski definition) is 4. The van der Waals surface area contributed by atoms with Crippen LogP contribution in [0.25, 0.3) is 0 Å². The van der Waals surface area contributed by atoms with Crippen LogP contribution in [0, 0.1) is 6.92 Å². The molecule has 1 aliphatic rings. The Bertz CT molecular complexity index is 941. The second-order valence-corrected chi connectivity index (χ2v) is 8.70. The molecule has 0 aliphatic carbocycles. The molecule has 1 N–H and O–H groups in total. The third-order valence-corrected chi connectivity index (χ3v) is 6.57. The van der Waals surface area contributed by atoms with Gasteiger partial charge in [-0.2, -0.15) is 9.41 Å². The Morgan fingerprint density at radius 1 is 1.19 bits per heavy atom. The number of rotatable bonds is 5. The van der Waals surface area contributed by atoms with Crippen molar-refractivity contribution >= 4 is 33.7 Å². The number of aryl methyl sites for hydroxylation is 1. The second kappa shape index (κ2) is 8.21. The van der Waals surface area contributed by atoms with E-state index in [1.807, 2.05) is 31.2 Å². The number of sulfonamides is 1. The predicted octanol–water partition coefficient (Wildman–Crippen LogP) is 2.95. The van der Waals surface area contributed by atoms with Crippen LogP contribution in [-0.2, 0) is 14.8 Å². The van der Waals surface area contributed by atoms with Gasteiger partial charge in [0.25, 0.3) is 5.91 Å². The highest BCUT2D eigenvalue weighted by atomic mass is 35.5. The molecule has 6 nitrogen and oxygen atoms in total. The van der Waals surface area contributed by atoms with Crippen molar-refractivity contribution in [3.63, 3.8) is 0 Å². The largest absolute Gasteiger partial charge is 0.271 e.